The van der Waals surface area contributed by atoms with Crippen LogP contribution in [-0.4, -0.2) is 9.66 Å². The zero-order valence-corrected chi connectivity index (χ0v) is 8.31. The lowest BCUT2D eigenvalue weighted by atomic mass is 10.3. The summed E-state index contributed by atoms with van der Waals surface area (Å²) in [5.41, 5.74) is 5.02. The molecule has 0 atom stereocenters. The lowest BCUT2D eigenvalue weighted by Gasteiger charge is -2.09. The van der Waals surface area contributed by atoms with E-state index in [2.05, 4.69) is 15.9 Å². The van der Waals surface area contributed by atoms with Crippen molar-refractivity contribution in [2.24, 2.45) is 0 Å². The van der Waals surface area contributed by atoms with E-state index in [-0.39, 0.29) is 0 Å². The van der Waals surface area contributed by atoms with Crippen molar-refractivity contribution < 1.29 is 0 Å². The number of aromatic nitrogens is 2. The maximum atomic E-state index is 11.3. The van der Waals surface area contributed by atoms with Gasteiger partial charge in [-0.05, 0) is 12.1 Å². The lowest BCUT2D eigenvalue weighted by Crippen LogP contribution is -2.42. The highest BCUT2D eigenvalue weighted by Crippen LogP contribution is 2.02. The van der Waals surface area contributed by atoms with Gasteiger partial charge in [-0.15, -0.1) is 0 Å². The van der Waals surface area contributed by atoms with Crippen LogP contribution >= 0.6 is 0 Å². The maximum Gasteiger partial charge on any atom is 0.348 e. The summed E-state index contributed by atoms with van der Waals surface area (Å²) in [4.78, 5) is 24.9. The van der Waals surface area contributed by atoms with Gasteiger partial charge >= 0.3 is 5.69 Å². The number of hydrogen-bond donors (Lipinski definition) is 3. The maximum absolute atomic E-state index is 11.3. The minimum absolute atomic E-state index is 0.438. The molecule has 2 aromatic rings. The van der Waals surface area contributed by atoms with Crippen molar-refractivity contribution in [3.05, 3.63) is 63.4 Å². The number of nitrogens with one attached hydrogen (secondary N) is 3. The van der Waals surface area contributed by atoms with Crippen LogP contribution in [0.15, 0.2) is 52.2 Å². The zero-order valence-electron chi connectivity index (χ0n) is 8.31. The highest BCUT2D eigenvalue weighted by atomic mass is 16.2. The van der Waals surface area contributed by atoms with Crippen LogP contribution in [0.5, 0.6) is 0 Å². The molecule has 1 aromatic carbocycles. The number of rotatable bonds is 3. The van der Waals surface area contributed by atoms with E-state index in [1.165, 1.54) is 12.3 Å². The summed E-state index contributed by atoms with van der Waals surface area (Å²) < 4.78 is 0.840. The summed E-state index contributed by atoms with van der Waals surface area (Å²) in [6.07, 6.45) is 1.30. The number of H-pyrrole nitrogens is 1. The molecular formula is C10H10N4O2. The Hall–Kier alpha value is -2.50. The number of hydrogen-bond acceptors (Lipinski definition) is 4. The Morgan fingerprint density at radius 2 is 1.81 bits per heavy atom. The van der Waals surface area contributed by atoms with Crippen LogP contribution in [-0.2, 0) is 0 Å². The fourth-order valence-corrected chi connectivity index (χ4v) is 1.17. The summed E-state index contributed by atoms with van der Waals surface area (Å²) in [5.74, 6) is 0. The van der Waals surface area contributed by atoms with E-state index in [9.17, 15) is 9.59 Å². The summed E-state index contributed by atoms with van der Waals surface area (Å²) in [6, 6.07) is 10.4. The average Bonchev–Trinajstić information content (AvgIpc) is 2.30. The fraction of sp³-hybridized carbons (Fsp3) is 0. The second kappa shape index (κ2) is 4.35. The van der Waals surface area contributed by atoms with Crippen molar-refractivity contribution in [2.45, 2.75) is 0 Å². The van der Waals surface area contributed by atoms with Gasteiger partial charge in [0.25, 0.3) is 5.56 Å². The van der Waals surface area contributed by atoms with Gasteiger partial charge in [0, 0.05) is 12.3 Å². The van der Waals surface area contributed by atoms with E-state index >= 15 is 0 Å². The molecule has 6 heteroatoms. The van der Waals surface area contributed by atoms with Gasteiger partial charge < -0.3 is 4.98 Å². The zero-order chi connectivity index (χ0) is 11.4. The van der Waals surface area contributed by atoms with E-state index in [1.807, 2.05) is 18.2 Å². The Bertz CT molecular complexity index is 545. The normalized spacial score (nSPS) is 9.75. The molecule has 1 heterocycles. The SMILES string of the molecule is O=c1cc[nH]c(=O)n1NNc1ccccc1. The molecule has 82 valence electrons. The van der Waals surface area contributed by atoms with Crippen molar-refractivity contribution in [1.29, 1.82) is 0 Å². The van der Waals surface area contributed by atoms with E-state index in [0.29, 0.717) is 0 Å². The lowest BCUT2D eigenvalue weighted by molar-refractivity contribution is 0.783. The topological polar surface area (TPSA) is 78.9 Å². The predicted octanol–water partition coefficient (Wildman–Crippen LogP) is 0.107. The van der Waals surface area contributed by atoms with Crippen molar-refractivity contribution in [2.75, 3.05) is 11.0 Å². The third-order valence-electron chi connectivity index (χ3n) is 1.94. The fourth-order valence-electron chi connectivity index (χ4n) is 1.17. The van der Waals surface area contributed by atoms with Gasteiger partial charge in [0.2, 0.25) is 0 Å². The Morgan fingerprint density at radius 3 is 2.50 bits per heavy atom. The molecule has 0 spiro atoms. The number of hydrazine groups is 1. The van der Waals surface area contributed by atoms with Crippen molar-refractivity contribution >= 4 is 5.69 Å². The van der Waals surface area contributed by atoms with Crippen molar-refractivity contribution in [1.82, 2.24) is 9.66 Å². The monoisotopic (exact) mass is 218 g/mol. The average molecular weight is 218 g/mol. The van der Waals surface area contributed by atoms with Crippen molar-refractivity contribution in [3.8, 4) is 0 Å². The van der Waals surface area contributed by atoms with Crippen LogP contribution in [0.25, 0.3) is 0 Å². The molecule has 0 aliphatic carbocycles. The molecule has 6 nitrogen and oxygen atoms in total. The first-order chi connectivity index (χ1) is 7.77. The minimum Gasteiger partial charge on any atom is -0.312 e. The molecule has 0 aliphatic heterocycles. The number of nitrogens with zero attached hydrogens (tertiary/aromatic N) is 1. The third kappa shape index (κ3) is 2.11. The molecule has 0 saturated heterocycles. The number of para-hydroxylation sites is 1. The Labute approximate surface area is 90.5 Å². The van der Waals surface area contributed by atoms with Crippen LogP contribution < -0.4 is 22.2 Å². The van der Waals surface area contributed by atoms with Gasteiger partial charge in [-0.25, -0.2) is 10.3 Å². The van der Waals surface area contributed by atoms with E-state index in [0.717, 1.165) is 10.4 Å². The Morgan fingerprint density at radius 1 is 1.06 bits per heavy atom. The second-order valence-electron chi connectivity index (χ2n) is 3.06. The van der Waals surface area contributed by atoms with Crippen molar-refractivity contribution in [3.63, 3.8) is 0 Å². The largest absolute Gasteiger partial charge is 0.348 e. The summed E-state index contributed by atoms with van der Waals surface area (Å²) in [7, 11) is 0. The summed E-state index contributed by atoms with van der Waals surface area (Å²) in [5, 5.41) is 0. The molecule has 0 radical (unpaired) electrons. The first kappa shape index (κ1) is 10.0. The molecule has 0 bridgehead atoms. The molecule has 0 fully saturated rings. The molecule has 0 unspecified atom stereocenters. The number of benzene rings is 1. The van der Waals surface area contributed by atoms with E-state index < -0.39 is 11.2 Å². The molecule has 1 aromatic heterocycles. The van der Waals surface area contributed by atoms with E-state index in [1.54, 1.807) is 12.1 Å². The van der Waals surface area contributed by atoms with Crippen LogP contribution in [0, 0.1) is 0 Å². The standard InChI is InChI=1S/C10H10N4O2/c15-9-6-7-11-10(16)14(9)13-12-8-4-2-1-3-5-8/h1-7,12-13H,(H,11,16). The first-order valence-electron chi connectivity index (χ1n) is 4.65. The van der Waals surface area contributed by atoms with E-state index in [4.69, 9.17) is 0 Å². The predicted molar refractivity (Wildman–Crippen MR) is 60.7 cm³/mol. The third-order valence-corrected chi connectivity index (χ3v) is 1.94. The van der Waals surface area contributed by atoms with Gasteiger partial charge in [-0.3, -0.25) is 10.2 Å². The molecule has 3 N–H and O–H groups in total. The number of anilines is 1. The van der Waals surface area contributed by atoms with Crippen LogP contribution in [0.1, 0.15) is 0 Å². The minimum atomic E-state index is -0.532. The highest BCUT2D eigenvalue weighted by Gasteiger charge is 1.97. The van der Waals surface area contributed by atoms with Gasteiger partial charge in [-0.1, -0.05) is 18.2 Å². The number of aromatic amines is 1. The molecular weight excluding hydrogens is 208 g/mol. The van der Waals surface area contributed by atoms with Gasteiger partial charge in [0.05, 0.1) is 5.69 Å². The van der Waals surface area contributed by atoms with Gasteiger partial charge in [0.1, 0.15) is 0 Å². The van der Waals surface area contributed by atoms with Crippen LogP contribution in [0.3, 0.4) is 0 Å². The summed E-state index contributed by atoms with van der Waals surface area (Å²) >= 11 is 0. The first-order valence-corrected chi connectivity index (χ1v) is 4.65. The second-order valence-corrected chi connectivity index (χ2v) is 3.06. The van der Waals surface area contributed by atoms with Crippen LogP contribution in [0.2, 0.25) is 0 Å². The van der Waals surface area contributed by atoms with Crippen LogP contribution in [0.4, 0.5) is 5.69 Å². The van der Waals surface area contributed by atoms with Gasteiger partial charge in [0.15, 0.2) is 0 Å². The summed E-state index contributed by atoms with van der Waals surface area (Å²) in [6.45, 7) is 0. The molecule has 16 heavy (non-hydrogen) atoms. The smallest absolute Gasteiger partial charge is 0.312 e. The highest BCUT2D eigenvalue weighted by molar-refractivity contribution is 5.42. The Balaban J connectivity index is 2.17. The Kier molecular flexibility index (Phi) is 2.73. The molecule has 0 aliphatic rings. The molecule has 2 rings (SSSR count). The molecule has 0 amide bonds. The molecule has 0 saturated carbocycles. The quantitative estimate of drug-likeness (QED) is 0.639. The van der Waals surface area contributed by atoms with Gasteiger partial charge in [-0.2, -0.15) is 4.68 Å².